The molecule has 0 aromatic heterocycles. The third-order valence-electron chi connectivity index (χ3n) is 7.30. The Morgan fingerprint density at radius 1 is 0.861 bits per heavy atom. The lowest BCUT2D eigenvalue weighted by atomic mass is 10.0. The number of carbonyl (C=O) groups is 4. The van der Waals surface area contributed by atoms with Crippen LogP contribution in [-0.4, -0.2) is 66.7 Å². The van der Waals surface area contributed by atoms with Crippen molar-refractivity contribution in [3.63, 3.8) is 0 Å². The number of anilines is 3. The number of benzene rings is 2. The summed E-state index contributed by atoms with van der Waals surface area (Å²) in [4.78, 5) is 52.9. The number of nitrogens with one attached hydrogen (secondary N) is 2. The monoisotopic (exact) mass is 490 g/mol. The summed E-state index contributed by atoms with van der Waals surface area (Å²) < 4.78 is 11.6. The summed E-state index contributed by atoms with van der Waals surface area (Å²) in [6, 6.07) is 12.0. The molecule has 0 radical (unpaired) electrons. The van der Waals surface area contributed by atoms with Gasteiger partial charge >= 0.3 is 0 Å². The Morgan fingerprint density at radius 2 is 1.53 bits per heavy atom. The van der Waals surface area contributed by atoms with Crippen molar-refractivity contribution in [3.05, 3.63) is 53.6 Å². The van der Waals surface area contributed by atoms with Crippen molar-refractivity contribution in [1.29, 1.82) is 0 Å². The Morgan fingerprint density at radius 3 is 2.22 bits per heavy atom. The predicted molar refractivity (Wildman–Crippen MR) is 129 cm³/mol. The number of hydrogen-bond donors (Lipinski definition) is 2. The molecule has 2 aromatic carbocycles. The minimum absolute atomic E-state index is 0.0898. The average Bonchev–Trinajstić information content (AvgIpc) is 3.43. The zero-order valence-electron chi connectivity index (χ0n) is 19.6. The van der Waals surface area contributed by atoms with Crippen molar-refractivity contribution >= 4 is 40.7 Å². The van der Waals surface area contributed by atoms with Crippen LogP contribution in [0.25, 0.3) is 0 Å². The van der Waals surface area contributed by atoms with Gasteiger partial charge in [-0.15, -0.1) is 0 Å². The van der Waals surface area contributed by atoms with E-state index < -0.39 is 35.5 Å². The van der Waals surface area contributed by atoms with Gasteiger partial charge < -0.3 is 19.7 Å². The second kappa shape index (κ2) is 8.72. The van der Waals surface area contributed by atoms with Gasteiger partial charge in [-0.2, -0.15) is 0 Å². The second-order valence-electron chi connectivity index (χ2n) is 9.47. The lowest BCUT2D eigenvalue weighted by Crippen LogP contribution is -2.54. The highest BCUT2D eigenvalue weighted by atomic mass is 16.7. The molecule has 2 aromatic rings. The van der Waals surface area contributed by atoms with Crippen molar-refractivity contribution in [2.75, 3.05) is 36.5 Å². The van der Waals surface area contributed by atoms with Crippen LogP contribution < -0.4 is 15.5 Å². The summed E-state index contributed by atoms with van der Waals surface area (Å²) in [6.07, 6.45) is 1.90. The topological polar surface area (TPSA) is 117 Å². The minimum Gasteiger partial charge on any atom is -0.371 e. The molecule has 1 spiro atoms. The molecule has 10 nitrogen and oxygen atoms in total. The average molecular weight is 491 g/mol. The van der Waals surface area contributed by atoms with E-state index in [1.54, 1.807) is 18.2 Å². The lowest BCUT2D eigenvalue weighted by molar-refractivity contribution is -0.169. The van der Waals surface area contributed by atoms with Crippen LogP contribution in [0.4, 0.5) is 17.1 Å². The lowest BCUT2D eigenvalue weighted by Gasteiger charge is -2.38. The summed E-state index contributed by atoms with van der Waals surface area (Å²) in [5.74, 6) is -2.46. The van der Waals surface area contributed by atoms with Crippen LogP contribution in [0.15, 0.2) is 42.5 Å². The van der Waals surface area contributed by atoms with E-state index in [1.807, 2.05) is 24.3 Å². The van der Waals surface area contributed by atoms with Crippen molar-refractivity contribution < 1.29 is 28.7 Å². The van der Waals surface area contributed by atoms with Gasteiger partial charge in [0.25, 0.3) is 11.8 Å². The summed E-state index contributed by atoms with van der Waals surface area (Å²) in [5.41, 5.74) is 3.10. The highest BCUT2D eigenvalue weighted by Gasteiger charge is 2.44. The molecular formula is C26H26N4O6. The van der Waals surface area contributed by atoms with Crippen LogP contribution >= 0.6 is 0 Å². The Labute approximate surface area is 207 Å². The van der Waals surface area contributed by atoms with Gasteiger partial charge in [-0.3, -0.25) is 29.4 Å². The number of hydrogen-bond acceptors (Lipinski definition) is 8. The molecule has 3 saturated heterocycles. The maximum atomic E-state index is 13.0. The summed E-state index contributed by atoms with van der Waals surface area (Å²) in [7, 11) is 0. The highest BCUT2D eigenvalue weighted by Crippen LogP contribution is 2.34. The minimum atomic E-state index is -0.976. The number of amides is 4. The SMILES string of the molecule is O=C1CCC(N2C(=O)c3ccc(Nc4ccc(N5CCC6(CC5)OCCO6)cc4)cc3C2=O)C(=O)N1. The molecule has 186 valence electrons. The first-order valence-corrected chi connectivity index (χ1v) is 12.2. The summed E-state index contributed by atoms with van der Waals surface area (Å²) in [6.45, 7) is 3.05. The first kappa shape index (κ1) is 22.7. The fraction of sp³-hybridized carbons (Fsp3) is 0.385. The number of fused-ring (bicyclic) bond motifs is 1. The molecule has 4 amide bonds. The summed E-state index contributed by atoms with van der Waals surface area (Å²) in [5, 5.41) is 5.49. The van der Waals surface area contributed by atoms with E-state index in [1.165, 1.54) is 0 Å². The third-order valence-corrected chi connectivity index (χ3v) is 7.30. The molecule has 36 heavy (non-hydrogen) atoms. The molecule has 10 heteroatoms. The summed E-state index contributed by atoms with van der Waals surface area (Å²) >= 11 is 0. The molecule has 4 aliphatic heterocycles. The fourth-order valence-electron chi connectivity index (χ4n) is 5.36. The number of nitrogens with zero attached hydrogens (tertiary/aromatic N) is 2. The van der Waals surface area contributed by atoms with Crippen LogP contribution in [0.3, 0.4) is 0 Å². The van der Waals surface area contributed by atoms with Crippen LogP contribution in [0.5, 0.6) is 0 Å². The second-order valence-corrected chi connectivity index (χ2v) is 9.47. The Balaban J connectivity index is 1.13. The maximum Gasteiger partial charge on any atom is 0.262 e. The molecule has 3 fully saturated rings. The Kier molecular flexibility index (Phi) is 5.50. The first-order chi connectivity index (χ1) is 17.4. The van der Waals surface area contributed by atoms with Gasteiger partial charge in [0.15, 0.2) is 5.79 Å². The molecule has 1 unspecified atom stereocenters. The van der Waals surface area contributed by atoms with E-state index in [9.17, 15) is 19.2 Å². The van der Waals surface area contributed by atoms with E-state index >= 15 is 0 Å². The molecule has 0 aliphatic carbocycles. The Bertz CT molecular complexity index is 1240. The molecule has 6 rings (SSSR count). The molecule has 4 aliphatic rings. The van der Waals surface area contributed by atoms with Gasteiger partial charge in [-0.1, -0.05) is 0 Å². The van der Waals surface area contributed by atoms with Crippen LogP contribution in [0.2, 0.25) is 0 Å². The number of ether oxygens (including phenoxy) is 2. The van der Waals surface area contributed by atoms with Gasteiger partial charge in [0.2, 0.25) is 11.8 Å². The van der Waals surface area contributed by atoms with Gasteiger partial charge in [-0.05, 0) is 48.9 Å². The first-order valence-electron chi connectivity index (χ1n) is 12.2. The largest absolute Gasteiger partial charge is 0.371 e. The number of imide groups is 2. The van der Waals surface area contributed by atoms with Gasteiger partial charge in [0, 0.05) is 49.4 Å². The zero-order valence-corrected chi connectivity index (χ0v) is 19.6. The van der Waals surface area contributed by atoms with E-state index in [0.717, 1.165) is 42.2 Å². The van der Waals surface area contributed by atoms with Crippen molar-refractivity contribution in [2.24, 2.45) is 0 Å². The molecular weight excluding hydrogens is 464 g/mol. The maximum absolute atomic E-state index is 13.0. The number of piperidine rings is 2. The fourth-order valence-corrected chi connectivity index (χ4v) is 5.36. The van der Waals surface area contributed by atoms with Crippen LogP contribution in [-0.2, 0) is 19.1 Å². The van der Waals surface area contributed by atoms with Crippen LogP contribution in [0, 0.1) is 0 Å². The highest BCUT2D eigenvalue weighted by molar-refractivity contribution is 6.23. The van der Waals surface area contributed by atoms with E-state index in [4.69, 9.17) is 9.47 Å². The smallest absolute Gasteiger partial charge is 0.262 e. The standard InChI is InChI=1S/C26H26N4O6/c31-22-8-7-21(23(32)28-22)30-24(33)19-6-3-17(15-20(19)25(30)34)27-16-1-4-18(5-2-16)29-11-9-26(10-12-29)35-13-14-36-26/h1-6,15,21,27H,7-14H2,(H,28,31,32). The third kappa shape index (κ3) is 3.92. The molecule has 0 bridgehead atoms. The van der Waals surface area contributed by atoms with Gasteiger partial charge in [0.05, 0.1) is 24.3 Å². The van der Waals surface area contributed by atoms with E-state index in [0.29, 0.717) is 18.9 Å². The normalized spacial score (nSPS) is 23.3. The number of rotatable bonds is 4. The predicted octanol–water partition coefficient (Wildman–Crippen LogP) is 2.17. The van der Waals surface area contributed by atoms with Gasteiger partial charge in [-0.25, -0.2) is 0 Å². The quantitative estimate of drug-likeness (QED) is 0.627. The van der Waals surface area contributed by atoms with Crippen LogP contribution in [0.1, 0.15) is 46.4 Å². The van der Waals surface area contributed by atoms with E-state index in [2.05, 4.69) is 15.5 Å². The van der Waals surface area contributed by atoms with Gasteiger partial charge in [0.1, 0.15) is 6.04 Å². The van der Waals surface area contributed by atoms with Crippen molar-refractivity contribution in [3.8, 4) is 0 Å². The number of carbonyl (C=O) groups excluding carboxylic acids is 4. The van der Waals surface area contributed by atoms with E-state index in [-0.39, 0.29) is 24.0 Å². The Hall–Kier alpha value is -3.76. The molecule has 2 N–H and O–H groups in total. The zero-order chi connectivity index (χ0) is 24.9. The van der Waals surface area contributed by atoms with Crippen molar-refractivity contribution in [1.82, 2.24) is 10.2 Å². The molecule has 4 heterocycles. The van der Waals surface area contributed by atoms with Crippen molar-refractivity contribution in [2.45, 2.75) is 37.5 Å². The molecule has 0 saturated carbocycles. The molecule has 1 atom stereocenters.